The molecule has 0 aliphatic carbocycles. The molecule has 4 nitrogen and oxygen atoms in total. The Morgan fingerprint density at radius 1 is 1.22 bits per heavy atom. The number of H-pyrrole nitrogens is 1. The molecule has 0 spiro atoms. The molecular weight excluding hydrogens is 431 g/mol. The van der Waals surface area contributed by atoms with E-state index < -0.39 is 6.10 Å². The highest BCUT2D eigenvalue weighted by molar-refractivity contribution is 9.10. The van der Waals surface area contributed by atoms with Crippen molar-refractivity contribution in [3.63, 3.8) is 0 Å². The molecule has 2 aromatic heterocycles. The summed E-state index contributed by atoms with van der Waals surface area (Å²) in [6, 6.07) is 13.9. The first-order valence-corrected chi connectivity index (χ1v) is 9.89. The number of fused-ring (bicyclic) bond motifs is 1. The van der Waals surface area contributed by atoms with E-state index in [9.17, 15) is 9.18 Å². The second-order valence-electron chi connectivity index (χ2n) is 5.98. The number of rotatable bonds is 4. The Balaban J connectivity index is 1.70. The molecule has 2 aromatic carbocycles. The van der Waals surface area contributed by atoms with Gasteiger partial charge in [0, 0.05) is 10.9 Å². The number of aromatic amines is 1. The minimum atomic E-state index is -0.508. The minimum absolute atomic E-state index is 0.205. The molecule has 0 bridgehead atoms. The minimum Gasteiger partial charge on any atom is -0.482 e. The van der Waals surface area contributed by atoms with Gasteiger partial charge in [-0.3, -0.25) is 4.79 Å². The van der Waals surface area contributed by atoms with Crippen LogP contribution in [0, 0.1) is 5.82 Å². The quantitative estimate of drug-likeness (QED) is 0.439. The molecule has 0 saturated carbocycles. The van der Waals surface area contributed by atoms with Crippen LogP contribution in [0.15, 0.2) is 63.2 Å². The lowest BCUT2D eigenvalue weighted by atomic mass is 10.1. The zero-order valence-electron chi connectivity index (χ0n) is 14.2. The Bertz CT molecular complexity index is 1170. The van der Waals surface area contributed by atoms with E-state index in [0.717, 1.165) is 11.1 Å². The van der Waals surface area contributed by atoms with Crippen molar-refractivity contribution in [1.82, 2.24) is 9.97 Å². The van der Waals surface area contributed by atoms with Crippen molar-refractivity contribution in [3.8, 4) is 16.9 Å². The lowest BCUT2D eigenvalue weighted by Crippen LogP contribution is -2.16. The molecule has 1 atom stereocenters. The van der Waals surface area contributed by atoms with Crippen molar-refractivity contribution in [2.75, 3.05) is 0 Å². The summed E-state index contributed by atoms with van der Waals surface area (Å²) in [5.74, 6) is 0.537. The van der Waals surface area contributed by atoms with Crippen LogP contribution in [-0.4, -0.2) is 9.97 Å². The predicted octanol–water partition coefficient (Wildman–Crippen LogP) is 5.69. The highest BCUT2D eigenvalue weighted by atomic mass is 79.9. The highest BCUT2D eigenvalue weighted by Crippen LogP contribution is 2.32. The summed E-state index contributed by atoms with van der Waals surface area (Å²) >= 11 is 4.70. The normalized spacial score (nSPS) is 12.3. The van der Waals surface area contributed by atoms with E-state index in [-0.39, 0.29) is 11.4 Å². The number of halogens is 2. The van der Waals surface area contributed by atoms with E-state index >= 15 is 0 Å². The molecule has 0 saturated heterocycles. The monoisotopic (exact) mass is 444 g/mol. The van der Waals surface area contributed by atoms with Crippen LogP contribution in [-0.2, 0) is 0 Å². The van der Waals surface area contributed by atoms with Crippen LogP contribution < -0.4 is 10.3 Å². The molecule has 0 aliphatic heterocycles. The van der Waals surface area contributed by atoms with Crippen LogP contribution in [0.5, 0.6) is 5.75 Å². The molecule has 2 heterocycles. The maximum atomic E-state index is 13.2. The molecule has 4 rings (SSSR count). The zero-order valence-corrected chi connectivity index (χ0v) is 16.6. The van der Waals surface area contributed by atoms with Gasteiger partial charge in [-0.1, -0.05) is 30.3 Å². The van der Waals surface area contributed by atoms with Gasteiger partial charge in [-0.25, -0.2) is 9.37 Å². The third-order valence-corrected chi connectivity index (χ3v) is 5.62. The summed E-state index contributed by atoms with van der Waals surface area (Å²) in [7, 11) is 0. The summed E-state index contributed by atoms with van der Waals surface area (Å²) in [4.78, 5) is 20.8. The van der Waals surface area contributed by atoms with E-state index in [2.05, 4.69) is 25.9 Å². The summed E-state index contributed by atoms with van der Waals surface area (Å²) < 4.78 is 19.6. The molecule has 0 amide bonds. The Hall–Kier alpha value is -2.51. The third-order valence-electron chi connectivity index (χ3n) is 4.13. The Labute approximate surface area is 166 Å². The van der Waals surface area contributed by atoms with Gasteiger partial charge in [-0.2, -0.15) is 0 Å². The molecule has 1 unspecified atom stereocenters. The van der Waals surface area contributed by atoms with Crippen LogP contribution in [0.3, 0.4) is 0 Å². The van der Waals surface area contributed by atoms with Gasteiger partial charge >= 0.3 is 0 Å². The molecule has 0 aliphatic rings. The smallest absolute Gasteiger partial charge is 0.260 e. The molecule has 136 valence electrons. The van der Waals surface area contributed by atoms with Gasteiger partial charge < -0.3 is 9.72 Å². The number of thiophene rings is 1. The van der Waals surface area contributed by atoms with Crippen molar-refractivity contribution in [1.29, 1.82) is 0 Å². The Morgan fingerprint density at radius 2 is 2.00 bits per heavy atom. The number of ether oxygens (including phenoxy) is 1. The van der Waals surface area contributed by atoms with Gasteiger partial charge in [0.2, 0.25) is 0 Å². The summed E-state index contributed by atoms with van der Waals surface area (Å²) in [6.07, 6.45) is -0.508. The zero-order chi connectivity index (χ0) is 19.0. The van der Waals surface area contributed by atoms with Crippen molar-refractivity contribution >= 4 is 37.5 Å². The van der Waals surface area contributed by atoms with Crippen LogP contribution >= 0.6 is 27.3 Å². The van der Waals surface area contributed by atoms with Crippen LogP contribution in [0.2, 0.25) is 0 Å². The standard InChI is InChI=1S/C20H14BrFN2O2S/c1-11(26-16-8-7-13(22)9-15(16)21)18-23-19(25)17-14(10-27-20(17)24-18)12-5-3-2-4-6-12/h2-11H,1H3,(H,23,24,25). The van der Waals surface area contributed by atoms with Gasteiger partial charge in [-0.15, -0.1) is 11.3 Å². The predicted molar refractivity (Wildman–Crippen MR) is 109 cm³/mol. The first-order chi connectivity index (χ1) is 13.0. The maximum Gasteiger partial charge on any atom is 0.260 e. The molecule has 7 heteroatoms. The van der Waals surface area contributed by atoms with Crippen LogP contribution in [0.1, 0.15) is 18.9 Å². The average molecular weight is 445 g/mol. The van der Waals surface area contributed by atoms with Gasteiger partial charge in [0.25, 0.3) is 5.56 Å². The first-order valence-electron chi connectivity index (χ1n) is 8.21. The molecule has 1 N–H and O–H groups in total. The van der Waals surface area contributed by atoms with E-state index in [1.807, 2.05) is 35.7 Å². The molecule has 27 heavy (non-hydrogen) atoms. The second kappa shape index (κ2) is 7.25. The van der Waals surface area contributed by atoms with Crippen molar-refractivity contribution in [2.45, 2.75) is 13.0 Å². The highest BCUT2D eigenvalue weighted by Gasteiger charge is 2.17. The van der Waals surface area contributed by atoms with Gasteiger partial charge in [0.1, 0.15) is 16.4 Å². The molecular formula is C20H14BrFN2O2S. The van der Waals surface area contributed by atoms with Crippen LogP contribution in [0.4, 0.5) is 4.39 Å². The number of nitrogens with one attached hydrogen (secondary N) is 1. The molecule has 0 radical (unpaired) electrons. The summed E-state index contributed by atoms with van der Waals surface area (Å²) in [5.41, 5.74) is 1.64. The first kappa shape index (κ1) is 17.9. The number of hydrogen-bond donors (Lipinski definition) is 1. The summed E-state index contributed by atoms with van der Waals surface area (Å²) in [6.45, 7) is 1.78. The fraction of sp³-hybridized carbons (Fsp3) is 0.100. The fourth-order valence-corrected chi connectivity index (χ4v) is 4.20. The van der Waals surface area contributed by atoms with Crippen molar-refractivity contribution in [3.05, 3.63) is 80.4 Å². The maximum absolute atomic E-state index is 13.2. The SMILES string of the molecule is CC(Oc1ccc(F)cc1Br)c1nc2scc(-c3ccccc3)c2c(=O)[nH]1. The van der Waals surface area contributed by atoms with Gasteiger partial charge in [0.05, 0.1) is 9.86 Å². The number of hydrogen-bond acceptors (Lipinski definition) is 4. The summed E-state index contributed by atoms with van der Waals surface area (Å²) in [5, 5.41) is 2.51. The topological polar surface area (TPSA) is 55.0 Å². The number of nitrogens with zero attached hydrogens (tertiary/aromatic N) is 1. The molecule has 4 aromatic rings. The largest absolute Gasteiger partial charge is 0.482 e. The Kier molecular flexibility index (Phi) is 4.80. The number of benzene rings is 2. The van der Waals surface area contributed by atoms with E-state index in [0.29, 0.717) is 26.3 Å². The van der Waals surface area contributed by atoms with Gasteiger partial charge in [0.15, 0.2) is 11.9 Å². The number of aromatic nitrogens is 2. The lowest BCUT2D eigenvalue weighted by Gasteiger charge is -2.15. The van der Waals surface area contributed by atoms with E-state index in [4.69, 9.17) is 4.74 Å². The van der Waals surface area contributed by atoms with Crippen LogP contribution in [0.25, 0.3) is 21.3 Å². The van der Waals surface area contributed by atoms with Crippen molar-refractivity contribution in [2.24, 2.45) is 0 Å². The van der Waals surface area contributed by atoms with Crippen molar-refractivity contribution < 1.29 is 9.13 Å². The van der Waals surface area contributed by atoms with E-state index in [1.165, 1.54) is 29.5 Å². The lowest BCUT2D eigenvalue weighted by molar-refractivity contribution is 0.215. The second-order valence-corrected chi connectivity index (χ2v) is 7.69. The average Bonchev–Trinajstić information content (AvgIpc) is 3.09. The van der Waals surface area contributed by atoms with Gasteiger partial charge in [-0.05, 0) is 46.6 Å². The Morgan fingerprint density at radius 3 is 2.74 bits per heavy atom. The van der Waals surface area contributed by atoms with E-state index in [1.54, 1.807) is 6.92 Å². The fourth-order valence-electron chi connectivity index (χ4n) is 2.81. The molecule has 0 fully saturated rings. The third kappa shape index (κ3) is 3.52.